The van der Waals surface area contributed by atoms with Crippen LogP contribution in [-0.2, 0) is 0 Å². The van der Waals surface area contributed by atoms with Crippen molar-refractivity contribution in [2.24, 2.45) is 0 Å². The molecule has 1 heterocycles. The molecule has 1 amide bonds. The Balaban J connectivity index is 2.29. The van der Waals surface area contributed by atoms with Gasteiger partial charge in [-0.25, -0.2) is 0 Å². The van der Waals surface area contributed by atoms with Gasteiger partial charge in [0.25, 0.3) is 5.91 Å². The van der Waals surface area contributed by atoms with Crippen LogP contribution in [0.25, 0.3) is 11.5 Å². The van der Waals surface area contributed by atoms with E-state index in [1.165, 1.54) is 6.39 Å². The van der Waals surface area contributed by atoms with Gasteiger partial charge in [0, 0.05) is 18.2 Å². The maximum Gasteiger partial charge on any atom is 0.251 e. The SMILES string of the molecule is CNC(=O)c1ccc(-c2nnco2)cc1. The van der Waals surface area contributed by atoms with Gasteiger partial charge in [0.15, 0.2) is 0 Å². The van der Waals surface area contributed by atoms with Gasteiger partial charge >= 0.3 is 0 Å². The van der Waals surface area contributed by atoms with Gasteiger partial charge in [-0.1, -0.05) is 0 Å². The average molecular weight is 203 g/mol. The minimum Gasteiger partial charge on any atom is -0.423 e. The summed E-state index contributed by atoms with van der Waals surface area (Å²) in [5.74, 6) is 0.325. The van der Waals surface area contributed by atoms with Crippen molar-refractivity contribution in [1.82, 2.24) is 15.5 Å². The van der Waals surface area contributed by atoms with Crippen LogP contribution in [-0.4, -0.2) is 23.2 Å². The zero-order valence-corrected chi connectivity index (χ0v) is 8.10. The second kappa shape index (κ2) is 3.91. The minimum absolute atomic E-state index is 0.118. The molecule has 1 aromatic carbocycles. The standard InChI is InChI=1S/C10H9N3O2/c1-11-9(14)7-2-4-8(5-3-7)10-13-12-6-15-10/h2-6H,1H3,(H,11,14). The lowest BCUT2D eigenvalue weighted by molar-refractivity contribution is 0.0963. The third-order valence-electron chi connectivity index (χ3n) is 1.98. The Hall–Kier alpha value is -2.17. The number of rotatable bonds is 2. The lowest BCUT2D eigenvalue weighted by Gasteiger charge is -1.99. The first-order valence-corrected chi connectivity index (χ1v) is 4.40. The van der Waals surface area contributed by atoms with Crippen molar-refractivity contribution in [3.05, 3.63) is 36.2 Å². The number of carbonyl (C=O) groups is 1. The molecule has 0 unspecified atom stereocenters. The second-order valence-corrected chi connectivity index (χ2v) is 2.90. The van der Waals surface area contributed by atoms with E-state index in [0.29, 0.717) is 11.5 Å². The van der Waals surface area contributed by atoms with E-state index in [9.17, 15) is 4.79 Å². The van der Waals surface area contributed by atoms with Crippen molar-refractivity contribution in [3.63, 3.8) is 0 Å². The molecule has 0 saturated heterocycles. The Morgan fingerprint density at radius 1 is 1.33 bits per heavy atom. The summed E-state index contributed by atoms with van der Waals surface area (Å²) in [6, 6.07) is 6.94. The number of hydrogen-bond donors (Lipinski definition) is 1. The molecule has 0 spiro atoms. The maximum absolute atomic E-state index is 11.2. The Morgan fingerprint density at radius 2 is 2.07 bits per heavy atom. The second-order valence-electron chi connectivity index (χ2n) is 2.90. The fourth-order valence-electron chi connectivity index (χ4n) is 1.21. The normalized spacial score (nSPS) is 9.93. The van der Waals surface area contributed by atoms with Crippen molar-refractivity contribution in [2.75, 3.05) is 7.05 Å². The highest BCUT2D eigenvalue weighted by Gasteiger charge is 2.05. The molecular weight excluding hydrogens is 194 g/mol. The Morgan fingerprint density at radius 3 is 2.60 bits per heavy atom. The number of nitrogens with one attached hydrogen (secondary N) is 1. The molecule has 1 aromatic heterocycles. The van der Waals surface area contributed by atoms with Crippen molar-refractivity contribution in [1.29, 1.82) is 0 Å². The van der Waals surface area contributed by atoms with Crippen LogP contribution in [0.3, 0.4) is 0 Å². The largest absolute Gasteiger partial charge is 0.423 e. The van der Waals surface area contributed by atoms with Gasteiger partial charge in [0.05, 0.1) is 0 Å². The number of amides is 1. The van der Waals surface area contributed by atoms with Crippen molar-refractivity contribution in [3.8, 4) is 11.5 Å². The van der Waals surface area contributed by atoms with E-state index in [1.807, 2.05) is 0 Å². The molecule has 0 saturated carbocycles. The summed E-state index contributed by atoms with van der Waals surface area (Å²) >= 11 is 0. The molecule has 0 radical (unpaired) electrons. The number of aromatic nitrogens is 2. The monoisotopic (exact) mass is 203 g/mol. The molecule has 0 aliphatic rings. The van der Waals surface area contributed by atoms with Crippen LogP contribution in [0, 0.1) is 0 Å². The molecular formula is C10H9N3O2. The predicted octanol–water partition coefficient (Wildman–Crippen LogP) is 1.10. The van der Waals surface area contributed by atoms with Crippen LogP contribution >= 0.6 is 0 Å². The highest BCUT2D eigenvalue weighted by atomic mass is 16.4. The summed E-state index contributed by atoms with van der Waals surface area (Å²) in [5, 5.41) is 9.89. The molecule has 2 aromatic rings. The molecule has 76 valence electrons. The minimum atomic E-state index is -0.118. The van der Waals surface area contributed by atoms with Gasteiger partial charge in [0.2, 0.25) is 12.3 Å². The summed E-state index contributed by atoms with van der Waals surface area (Å²) in [7, 11) is 1.59. The van der Waals surface area contributed by atoms with E-state index >= 15 is 0 Å². The van der Waals surface area contributed by atoms with Crippen LogP contribution in [0.5, 0.6) is 0 Å². The van der Waals surface area contributed by atoms with E-state index in [4.69, 9.17) is 4.42 Å². The lowest BCUT2D eigenvalue weighted by Crippen LogP contribution is -2.17. The third-order valence-corrected chi connectivity index (χ3v) is 1.98. The summed E-state index contributed by atoms with van der Waals surface area (Å²) in [6.07, 6.45) is 1.27. The topological polar surface area (TPSA) is 68.0 Å². The summed E-state index contributed by atoms with van der Waals surface area (Å²) in [6.45, 7) is 0. The van der Waals surface area contributed by atoms with E-state index < -0.39 is 0 Å². The number of carbonyl (C=O) groups excluding carboxylic acids is 1. The van der Waals surface area contributed by atoms with E-state index in [1.54, 1.807) is 31.3 Å². The van der Waals surface area contributed by atoms with Gasteiger partial charge in [0.1, 0.15) is 0 Å². The smallest absolute Gasteiger partial charge is 0.251 e. The first kappa shape index (κ1) is 9.39. The number of nitrogens with zero attached hydrogens (tertiary/aromatic N) is 2. The molecule has 2 rings (SSSR count). The molecule has 1 N–H and O–H groups in total. The molecule has 0 fully saturated rings. The Bertz CT molecular complexity index is 448. The fourth-order valence-corrected chi connectivity index (χ4v) is 1.21. The summed E-state index contributed by atoms with van der Waals surface area (Å²) in [4.78, 5) is 11.2. The van der Waals surface area contributed by atoms with E-state index in [0.717, 1.165) is 5.56 Å². The first-order chi connectivity index (χ1) is 7.31. The number of hydrogen-bond acceptors (Lipinski definition) is 4. The Labute approximate surface area is 86.1 Å². The fraction of sp³-hybridized carbons (Fsp3) is 0.100. The third kappa shape index (κ3) is 1.85. The van der Waals surface area contributed by atoms with Crippen molar-refractivity contribution < 1.29 is 9.21 Å². The van der Waals surface area contributed by atoms with E-state index in [2.05, 4.69) is 15.5 Å². The van der Waals surface area contributed by atoms with E-state index in [-0.39, 0.29) is 5.91 Å². The molecule has 5 nitrogen and oxygen atoms in total. The molecule has 0 aliphatic carbocycles. The lowest BCUT2D eigenvalue weighted by atomic mass is 10.1. The quantitative estimate of drug-likeness (QED) is 0.793. The predicted molar refractivity (Wildman–Crippen MR) is 53.1 cm³/mol. The average Bonchev–Trinajstić information content (AvgIpc) is 2.82. The van der Waals surface area contributed by atoms with Crippen LogP contribution in [0.15, 0.2) is 35.1 Å². The molecule has 5 heteroatoms. The highest BCUT2D eigenvalue weighted by Crippen LogP contribution is 2.16. The van der Waals surface area contributed by atoms with Gasteiger partial charge < -0.3 is 9.73 Å². The van der Waals surface area contributed by atoms with Gasteiger partial charge in [-0.15, -0.1) is 10.2 Å². The van der Waals surface area contributed by atoms with Crippen LogP contribution in [0.4, 0.5) is 0 Å². The molecule has 0 atom stereocenters. The Kier molecular flexibility index (Phi) is 2.45. The first-order valence-electron chi connectivity index (χ1n) is 4.40. The molecule has 0 aliphatic heterocycles. The van der Waals surface area contributed by atoms with Gasteiger partial charge in [-0.2, -0.15) is 0 Å². The maximum atomic E-state index is 11.2. The zero-order valence-electron chi connectivity index (χ0n) is 8.10. The van der Waals surface area contributed by atoms with Crippen LogP contribution in [0.2, 0.25) is 0 Å². The molecule has 15 heavy (non-hydrogen) atoms. The highest BCUT2D eigenvalue weighted by molar-refractivity contribution is 5.94. The van der Waals surface area contributed by atoms with Crippen LogP contribution in [0.1, 0.15) is 10.4 Å². The number of benzene rings is 1. The van der Waals surface area contributed by atoms with Crippen LogP contribution < -0.4 is 5.32 Å². The summed E-state index contributed by atoms with van der Waals surface area (Å²) < 4.78 is 5.02. The van der Waals surface area contributed by atoms with Gasteiger partial charge in [-0.05, 0) is 24.3 Å². The molecule has 0 bridgehead atoms. The summed E-state index contributed by atoms with van der Waals surface area (Å²) in [5.41, 5.74) is 1.39. The van der Waals surface area contributed by atoms with Crippen molar-refractivity contribution in [2.45, 2.75) is 0 Å². The zero-order chi connectivity index (χ0) is 10.7. The van der Waals surface area contributed by atoms with Crippen molar-refractivity contribution >= 4 is 5.91 Å². The van der Waals surface area contributed by atoms with Gasteiger partial charge in [-0.3, -0.25) is 4.79 Å².